The summed E-state index contributed by atoms with van der Waals surface area (Å²) in [5, 5.41) is 3.31. The number of ether oxygens (including phenoxy) is 1. The van der Waals surface area contributed by atoms with Gasteiger partial charge in [-0.15, -0.1) is 0 Å². The lowest BCUT2D eigenvalue weighted by molar-refractivity contribution is 0.0602. The van der Waals surface area contributed by atoms with Crippen LogP contribution in [0.3, 0.4) is 0 Å². The predicted octanol–water partition coefficient (Wildman–Crippen LogP) is 2.59. The third-order valence-electron chi connectivity index (χ3n) is 3.61. The summed E-state index contributed by atoms with van der Waals surface area (Å²) >= 11 is 0. The minimum atomic E-state index is -0.408. The molecule has 0 aliphatic carbocycles. The zero-order valence-electron chi connectivity index (χ0n) is 13.5. The molecule has 0 saturated heterocycles. The highest BCUT2D eigenvalue weighted by molar-refractivity contribution is 5.96. The number of nitrogens with one attached hydrogen (secondary N) is 1. The number of rotatable bonds is 8. The quantitative estimate of drug-likeness (QED) is 0.438. The first kappa shape index (κ1) is 17.3. The van der Waals surface area contributed by atoms with Gasteiger partial charge in [-0.2, -0.15) is 0 Å². The van der Waals surface area contributed by atoms with Crippen LogP contribution >= 0.6 is 0 Å². The first-order valence-corrected chi connectivity index (χ1v) is 7.37. The number of hydrogen-bond donors (Lipinski definition) is 2. The molecule has 0 aromatic heterocycles. The van der Waals surface area contributed by atoms with E-state index in [1.165, 1.54) is 7.11 Å². The summed E-state index contributed by atoms with van der Waals surface area (Å²) in [4.78, 5) is 13.9. The zero-order valence-corrected chi connectivity index (χ0v) is 13.5. The van der Waals surface area contributed by atoms with Gasteiger partial charge in [0, 0.05) is 24.0 Å². The van der Waals surface area contributed by atoms with Crippen LogP contribution in [0.1, 0.15) is 37.0 Å². The van der Waals surface area contributed by atoms with E-state index < -0.39 is 5.97 Å². The Morgan fingerprint density at radius 2 is 2.10 bits per heavy atom. The van der Waals surface area contributed by atoms with E-state index in [0.717, 1.165) is 31.6 Å². The van der Waals surface area contributed by atoms with Crippen molar-refractivity contribution in [1.82, 2.24) is 4.90 Å². The van der Waals surface area contributed by atoms with Gasteiger partial charge in [-0.25, -0.2) is 4.79 Å². The molecule has 0 spiro atoms. The lowest BCUT2D eigenvalue weighted by Gasteiger charge is -2.20. The highest BCUT2D eigenvalue weighted by atomic mass is 16.5. The third-order valence-corrected chi connectivity index (χ3v) is 3.61. The Morgan fingerprint density at radius 3 is 2.71 bits per heavy atom. The van der Waals surface area contributed by atoms with Gasteiger partial charge in [0.1, 0.15) is 0 Å². The van der Waals surface area contributed by atoms with Gasteiger partial charge in [0.05, 0.1) is 12.7 Å². The van der Waals surface area contributed by atoms with E-state index in [0.29, 0.717) is 17.3 Å². The first-order chi connectivity index (χ1) is 9.95. The molecule has 3 N–H and O–H groups in total. The molecule has 0 radical (unpaired) electrons. The Balaban J connectivity index is 2.41. The van der Waals surface area contributed by atoms with Gasteiger partial charge in [-0.1, -0.05) is 0 Å². The molecule has 118 valence electrons. The number of nitrogens with two attached hydrogens (primary N) is 1. The van der Waals surface area contributed by atoms with Crippen molar-refractivity contribution >= 4 is 17.3 Å². The molecule has 5 heteroatoms. The molecule has 0 aliphatic rings. The van der Waals surface area contributed by atoms with Gasteiger partial charge in [0.25, 0.3) is 0 Å². The van der Waals surface area contributed by atoms with Crippen molar-refractivity contribution in [2.24, 2.45) is 0 Å². The number of unbranched alkanes of at least 4 members (excludes halogenated alkanes) is 1. The second-order valence-corrected chi connectivity index (χ2v) is 5.50. The molecule has 0 atom stereocenters. The van der Waals surface area contributed by atoms with Crippen LogP contribution in [-0.4, -0.2) is 44.2 Å². The summed E-state index contributed by atoms with van der Waals surface area (Å²) in [6.07, 6.45) is 2.22. The predicted molar refractivity (Wildman–Crippen MR) is 87.7 cm³/mol. The van der Waals surface area contributed by atoms with Gasteiger partial charge in [-0.3, -0.25) is 0 Å². The lowest BCUT2D eigenvalue weighted by Crippen LogP contribution is -2.27. The Kier molecular flexibility index (Phi) is 7.02. The third kappa shape index (κ3) is 5.63. The fourth-order valence-corrected chi connectivity index (χ4v) is 1.93. The first-order valence-electron chi connectivity index (χ1n) is 7.37. The molecule has 1 aromatic rings. The minimum absolute atomic E-state index is 0.405. The molecule has 0 bridgehead atoms. The Morgan fingerprint density at radius 1 is 1.38 bits per heavy atom. The summed E-state index contributed by atoms with van der Waals surface area (Å²) in [6, 6.07) is 5.92. The summed E-state index contributed by atoms with van der Waals surface area (Å²) in [7, 11) is 3.49. The average Bonchev–Trinajstić information content (AvgIpc) is 2.47. The standard InChI is InChI=1S/C16H27N3O2/c1-12(2)19(3)10-6-5-9-18-13-7-8-15(17)14(11-13)16(20)21-4/h7-8,11-12,18H,5-6,9-10,17H2,1-4H3. The molecular weight excluding hydrogens is 266 g/mol. The molecule has 0 amide bonds. The Hall–Kier alpha value is -1.75. The van der Waals surface area contributed by atoms with Crippen molar-refractivity contribution in [2.45, 2.75) is 32.7 Å². The number of methoxy groups -OCH3 is 1. The molecule has 0 fully saturated rings. The Bertz CT molecular complexity index is 461. The van der Waals surface area contributed by atoms with Crippen LogP contribution in [-0.2, 0) is 4.74 Å². The number of nitrogen functional groups attached to an aromatic ring is 1. The summed E-state index contributed by atoms with van der Waals surface area (Å²) in [5.74, 6) is -0.408. The van der Waals surface area contributed by atoms with E-state index in [1.54, 1.807) is 12.1 Å². The molecule has 0 heterocycles. The van der Waals surface area contributed by atoms with E-state index in [2.05, 4.69) is 31.1 Å². The minimum Gasteiger partial charge on any atom is -0.465 e. The van der Waals surface area contributed by atoms with E-state index in [-0.39, 0.29) is 0 Å². The topological polar surface area (TPSA) is 67.6 Å². The van der Waals surface area contributed by atoms with Gasteiger partial charge in [0.15, 0.2) is 0 Å². The molecule has 1 aromatic carbocycles. The van der Waals surface area contributed by atoms with Crippen LogP contribution in [0.15, 0.2) is 18.2 Å². The van der Waals surface area contributed by atoms with E-state index >= 15 is 0 Å². The summed E-state index contributed by atoms with van der Waals surface area (Å²) < 4.78 is 4.71. The van der Waals surface area contributed by atoms with E-state index in [9.17, 15) is 4.79 Å². The van der Waals surface area contributed by atoms with Crippen LogP contribution in [0.25, 0.3) is 0 Å². The van der Waals surface area contributed by atoms with E-state index in [4.69, 9.17) is 10.5 Å². The Labute approximate surface area is 127 Å². The molecule has 0 unspecified atom stereocenters. The highest BCUT2D eigenvalue weighted by Crippen LogP contribution is 2.18. The monoisotopic (exact) mass is 293 g/mol. The van der Waals surface area contributed by atoms with Crippen molar-refractivity contribution < 1.29 is 9.53 Å². The smallest absolute Gasteiger partial charge is 0.340 e. The van der Waals surface area contributed by atoms with Crippen LogP contribution in [0.5, 0.6) is 0 Å². The molecule has 0 aliphatic heterocycles. The summed E-state index contributed by atoms with van der Waals surface area (Å²) in [6.45, 7) is 6.35. The maximum atomic E-state index is 11.6. The van der Waals surface area contributed by atoms with Crippen LogP contribution in [0, 0.1) is 0 Å². The second kappa shape index (κ2) is 8.52. The van der Waals surface area contributed by atoms with Crippen LogP contribution in [0.2, 0.25) is 0 Å². The SMILES string of the molecule is COC(=O)c1cc(NCCCCN(C)C(C)C)ccc1N. The highest BCUT2D eigenvalue weighted by Gasteiger charge is 2.10. The second-order valence-electron chi connectivity index (χ2n) is 5.50. The van der Waals surface area contributed by atoms with Crippen molar-refractivity contribution in [3.8, 4) is 0 Å². The number of benzene rings is 1. The normalized spacial score (nSPS) is 11.0. The van der Waals surface area contributed by atoms with Crippen LogP contribution < -0.4 is 11.1 Å². The number of hydrogen-bond acceptors (Lipinski definition) is 5. The van der Waals surface area contributed by atoms with Gasteiger partial charge < -0.3 is 20.7 Å². The van der Waals surface area contributed by atoms with Gasteiger partial charge >= 0.3 is 5.97 Å². The maximum absolute atomic E-state index is 11.6. The van der Waals surface area contributed by atoms with Crippen molar-refractivity contribution in [3.63, 3.8) is 0 Å². The zero-order chi connectivity index (χ0) is 15.8. The molecule has 5 nitrogen and oxygen atoms in total. The van der Waals surface area contributed by atoms with Crippen LogP contribution in [0.4, 0.5) is 11.4 Å². The van der Waals surface area contributed by atoms with Crippen molar-refractivity contribution in [2.75, 3.05) is 38.3 Å². The number of carbonyl (C=O) groups is 1. The molecule has 0 saturated carbocycles. The van der Waals surface area contributed by atoms with E-state index in [1.807, 2.05) is 6.07 Å². The fraction of sp³-hybridized carbons (Fsp3) is 0.562. The number of nitrogens with zero attached hydrogens (tertiary/aromatic N) is 1. The number of carbonyl (C=O) groups excluding carboxylic acids is 1. The molecule has 1 rings (SSSR count). The molecule has 21 heavy (non-hydrogen) atoms. The maximum Gasteiger partial charge on any atom is 0.340 e. The summed E-state index contributed by atoms with van der Waals surface area (Å²) in [5.41, 5.74) is 7.50. The van der Waals surface area contributed by atoms with Gasteiger partial charge in [0.2, 0.25) is 0 Å². The number of anilines is 2. The molecular formula is C16H27N3O2. The average molecular weight is 293 g/mol. The van der Waals surface area contributed by atoms with Gasteiger partial charge in [-0.05, 0) is 58.5 Å². The van der Waals surface area contributed by atoms with Crippen molar-refractivity contribution in [3.05, 3.63) is 23.8 Å². The largest absolute Gasteiger partial charge is 0.465 e. The lowest BCUT2D eigenvalue weighted by atomic mass is 10.1. The number of esters is 1. The van der Waals surface area contributed by atoms with Crippen molar-refractivity contribution in [1.29, 1.82) is 0 Å². The fourth-order valence-electron chi connectivity index (χ4n) is 1.93.